The van der Waals surface area contributed by atoms with Crippen LogP contribution in [0.4, 0.5) is 14.5 Å². The number of aromatic nitrogens is 2. The Kier molecular flexibility index (Phi) is 4.60. The van der Waals surface area contributed by atoms with Crippen molar-refractivity contribution in [3.63, 3.8) is 0 Å². The third kappa shape index (κ3) is 3.62. The number of H-pyrrole nitrogens is 1. The van der Waals surface area contributed by atoms with Crippen LogP contribution < -0.4 is 5.32 Å². The highest BCUT2D eigenvalue weighted by Crippen LogP contribution is 2.26. The molecule has 8 heteroatoms. The number of ether oxygens (including phenoxy) is 1. The lowest BCUT2D eigenvalue weighted by Gasteiger charge is -2.11. The Morgan fingerprint density at radius 3 is 2.71 bits per heavy atom. The van der Waals surface area contributed by atoms with Crippen molar-refractivity contribution in [2.45, 2.75) is 18.9 Å². The second kappa shape index (κ2) is 7.22. The Morgan fingerprint density at radius 1 is 1.21 bits per heavy atom. The van der Waals surface area contributed by atoms with E-state index in [9.17, 15) is 18.4 Å². The van der Waals surface area contributed by atoms with Gasteiger partial charge in [-0.3, -0.25) is 14.7 Å². The number of carbonyl (C=O) groups excluding carboxylic acids is 2. The lowest BCUT2D eigenvalue weighted by atomic mass is 10.1. The molecule has 1 saturated heterocycles. The van der Waals surface area contributed by atoms with Gasteiger partial charge in [-0.2, -0.15) is 5.10 Å². The number of carbonyl (C=O) groups is 2. The van der Waals surface area contributed by atoms with Gasteiger partial charge in [-0.1, -0.05) is 18.2 Å². The lowest BCUT2D eigenvalue weighted by molar-refractivity contribution is -0.146. The quantitative estimate of drug-likeness (QED) is 0.674. The van der Waals surface area contributed by atoms with Gasteiger partial charge in [0.1, 0.15) is 11.6 Å². The van der Waals surface area contributed by atoms with Gasteiger partial charge in [0, 0.05) is 24.3 Å². The Bertz CT molecular complexity index is 1090. The summed E-state index contributed by atoms with van der Waals surface area (Å²) in [6.45, 7) is 0. The summed E-state index contributed by atoms with van der Waals surface area (Å²) in [6, 6.07) is 8.63. The highest BCUT2D eigenvalue weighted by molar-refractivity contribution is 5.99. The lowest BCUT2D eigenvalue weighted by Crippen LogP contribution is -2.27. The van der Waals surface area contributed by atoms with E-state index in [4.69, 9.17) is 4.74 Å². The van der Waals surface area contributed by atoms with Crippen LogP contribution in [0, 0.1) is 11.6 Å². The standard InChI is InChI=1S/C20H15F2N3O3/c21-12-4-1-11(2-5-12)3-6-15-13-9-17(14(22)10-16(13)25-24-15)23-20(27)18-7-8-19(26)28-18/h1-6,9-10,18H,7-8H2,(H,23,27)(H,24,25)/b6-3+. The van der Waals surface area contributed by atoms with E-state index in [1.807, 2.05) is 0 Å². The van der Waals surface area contributed by atoms with E-state index in [1.54, 1.807) is 24.3 Å². The molecule has 28 heavy (non-hydrogen) atoms. The molecule has 1 aromatic heterocycles. The monoisotopic (exact) mass is 383 g/mol. The van der Waals surface area contributed by atoms with Crippen LogP contribution in [0.5, 0.6) is 0 Å². The van der Waals surface area contributed by atoms with Crippen molar-refractivity contribution in [1.82, 2.24) is 10.2 Å². The van der Waals surface area contributed by atoms with Crippen LogP contribution in [-0.2, 0) is 14.3 Å². The van der Waals surface area contributed by atoms with Crippen LogP contribution in [-0.4, -0.2) is 28.2 Å². The van der Waals surface area contributed by atoms with Crippen molar-refractivity contribution in [1.29, 1.82) is 0 Å². The maximum Gasteiger partial charge on any atom is 0.306 e. The first-order valence-electron chi connectivity index (χ1n) is 8.61. The van der Waals surface area contributed by atoms with Crippen molar-refractivity contribution < 1.29 is 23.1 Å². The number of esters is 1. The summed E-state index contributed by atoms with van der Waals surface area (Å²) < 4.78 is 32.2. The molecule has 1 aliphatic heterocycles. The number of hydrogen-bond donors (Lipinski definition) is 2. The molecule has 0 radical (unpaired) electrons. The summed E-state index contributed by atoms with van der Waals surface area (Å²) in [5, 5.41) is 9.93. The van der Waals surface area contributed by atoms with Crippen molar-refractivity contribution in [2.24, 2.45) is 0 Å². The van der Waals surface area contributed by atoms with Crippen molar-refractivity contribution >= 4 is 40.6 Å². The van der Waals surface area contributed by atoms with Gasteiger partial charge in [-0.15, -0.1) is 0 Å². The van der Waals surface area contributed by atoms with Crippen LogP contribution in [0.15, 0.2) is 36.4 Å². The van der Waals surface area contributed by atoms with E-state index in [0.29, 0.717) is 16.6 Å². The second-order valence-corrected chi connectivity index (χ2v) is 6.38. The van der Waals surface area contributed by atoms with E-state index in [-0.39, 0.29) is 24.3 Å². The molecule has 2 N–H and O–H groups in total. The Labute approximate surface area is 158 Å². The number of rotatable bonds is 4. The molecular weight excluding hydrogens is 368 g/mol. The number of amides is 1. The predicted molar refractivity (Wildman–Crippen MR) is 99.1 cm³/mol. The van der Waals surface area contributed by atoms with Crippen LogP contribution in [0.2, 0.25) is 0 Å². The molecule has 4 rings (SSSR count). The third-order valence-corrected chi connectivity index (χ3v) is 4.42. The van der Waals surface area contributed by atoms with Crippen molar-refractivity contribution in [2.75, 3.05) is 5.32 Å². The predicted octanol–water partition coefficient (Wildman–Crippen LogP) is 3.66. The number of fused-ring (bicyclic) bond motifs is 1. The first kappa shape index (κ1) is 17.8. The van der Waals surface area contributed by atoms with Gasteiger partial charge in [0.15, 0.2) is 6.10 Å². The van der Waals surface area contributed by atoms with Gasteiger partial charge in [-0.25, -0.2) is 8.78 Å². The molecule has 0 bridgehead atoms. The number of cyclic esters (lactones) is 1. The van der Waals surface area contributed by atoms with E-state index in [1.165, 1.54) is 24.3 Å². The maximum absolute atomic E-state index is 14.3. The average Bonchev–Trinajstić information content (AvgIpc) is 3.28. The SMILES string of the molecule is O=C1CCC(C(=O)Nc2cc3c(/C=C/c4ccc(F)cc4)n[nH]c3cc2F)O1. The molecule has 0 spiro atoms. The number of halogens is 2. The fraction of sp³-hybridized carbons (Fsp3) is 0.150. The van der Waals surface area contributed by atoms with Gasteiger partial charge in [-0.05, 0) is 29.8 Å². The molecule has 2 aromatic carbocycles. The molecule has 1 atom stereocenters. The van der Waals surface area contributed by atoms with Crippen molar-refractivity contribution in [3.8, 4) is 0 Å². The highest BCUT2D eigenvalue weighted by atomic mass is 19.1. The molecule has 1 amide bonds. The van der Waals surface area contributed by atoms with Crippen LogP contribution in [0.3, 0.4) is 0 Å². The van der Waals surface area contributed by atoms with Gasteiger partial charge in [0.25, 0.3) is 5.91 Å². The number of hydrogen-bond acceptors (Lipinski definition) is 4. The highest BCUT2D eigenvalue weighted by Gasteiger charge is 2.30. The van der Waals surface area contributed by atoms with Gasteiger partial charge >= 0.3 is 5.97 Å². The first-order valence-corrected chi connectivity index (χ1v) is 8.61. The van der Waals surface area contributed by atoms with Crippen LogP contribution in [0.1, 0.15) is 24.1 Å². The number of nitrogens with zero attached hydrogens (tertiary/aromatic N) is 1. The summed E-state index contributed by atoms with van der Waals surface area (Å²) in [7, 11) is 0. The topological polar surface area (TPSA) is 84.1 Å². The van der Waals surface area contributed by atoms with E-state index >= 15 is 0 Å². The van der Waals surface area contributed by atoms with Crippen molar-refractivity contribution in [3.05, 3.63) is 59.3 Å². The minimum Gasteiger partial charge on any atom is -0.452 e. The average molecular weight is 383 g/mol. The summed E-state index contributed by atoms with van der Waals surface area (Å²) in [5.74, 6) is -1.98. The second-order valence-electron chi connectivity index (χ2n) is 6.38. The minimum absolute atomic E-state index is 0.0294. The normalized spacial score (nSPS) is 16.6. The van der Waals surface area contributed by atoms with E-state index in [0.717, 1.165) is 5.56 Å². The minimum atomic E-state index is -0.912. The van der Waals surface area contributed by atoms with Gasteiger partial charge in [0.2, 0.25) is 0 Å². The number of aromatic amines is 1. The molecule has 2 heterocycles. The maximum atomic E-state index is 14.3. The van der Waals surface area contributed by atoms with Crippen LogP contribution in [0.25, 0.3) is 23.1 Å². The van der Waals surface area contributed by atoms with Crippen LogP contribution >= 0.6 is 0 Å². The fourth-order valence-electron chi connectivity index (χ4n) is 2.95. The number of nitrogens with one attached hydrogen (secondary N) is 2. The summed E-state index contributed by atoms with van der Waals surface area (Å²) in [4.78, 5) is 23.3. The summed E-state index contributed by atoms with van der Waals surface area (Å²) in [5.41, 5.74) is 1.73. The Morgan fingerprint density at radius 2 is 2.00 bits per heavy atom. The summed E-state index contributed by atoms with van der Waals surface area (Å²) >= 11 is 0. The van der Waals surface area contributed by atoms with Gasteiger partial charge in [0.05, 0.1) is 16.9 Å². The Balaban J connectivity index is 1.59. The fourth-order valence-corrected chi connectivity index (χ4v) is 2.95. The Hall–Kier alpha value is -3.55. The molecule has 6 nitrogen and oxygen atoms in total. The molecular formula is C20H15F2N3O3. The zero-order chi connectivity index (χ0) is 19.7. The molecule has 1 fully saturated rings. The molecule has 1 unspecified atom stereocenters. The molecule has 1 aliphatic rings. The zero-order valence-electron chi connectivity index (χ0n) is 14.5. The smallest absolute Gasteiger partial charge is 0.306 e. The number of anilines is 1. The molecule has 0 saturated carbocycles. The summed E-state index contributed by atoms with van der Waals surface area (Å²) in [6.07, 6.45) is 2.97. The van der Waals surface area contributed by atoms with Gasteiger partial charge < -0.3 is 10.1 Å². The zero-order valence-corrected chi connectivity index (χ0v) is 14.5. The van der Waals surface area contributed by atoms with E-state index in [2.05, 4.69) is 15.5 Å². The largest absolute Gasteiger partial charge is 0.452 e. The van der Waals surface area contributed by atoms with E-state index < -0.39 is 23.8 Å². The molecule has 0 aliphatic carbocycles. The number of benzene rings is 2. The molecule has 142 valence electrons. The molecule has 3 aromatic rings. The third-order valence-electron chi connectivity index (χ3n) is 4.42. The first-order chi connectivity index (χ1) is 13.5.